The zero-order valence-electron chi connectivity index (χ0n) is 22.8. The second-order valence-electron chi connectivity index (χ2n) is 10.1. The highest BCUT2D eigenvalue weighted by molar-refractivity contribution is 5.82. The molecule has 0 saturated heterocycles. The Morgan fingerprint density at radius 1 is 0.543 bits per heavy atom. The van der Waals surface area contributed by atoms with E-state index in [-0.39, 0.29) is 5.97 Å². The Kier molecular flexibility index (Phi) is 27.4. The Morgan fingerprint density at radius 3 is 1.17 bits per heavy atom. The van der Waals surface area contributed by atoms with Crippen LogP contribution in [-0.2, 0) is 14.3 Å². The maximum absolute atomic E-state index is 11.1. The van der Waals surface area contributed by atoms with Crippen LogP contribution >= 0.6 is 0 Å². The van der Waals surface area contributed by atoms with Crippen molar-refractivity contribution >= 4 is 11.9 Å². The fourth-order valence-corrected chi connectivity index (χ4v) is 4.55. The average molecular weight is 493 g/mol. The highest BCUT2D eigenvalue weighted by atomic mass is 16.5. The molecule has 0 unspecified atom stereocenters. The Hall–Kier alpha value is -1.58. The van der Waals surface area contributed by atoms with Gasteiger partial charge in [0, 0.05) is 12.5 Å². The van der Waals surface area contributed by atoms with Gasteiger partial charge in [-0.25, -0.2) is 4.79 Å². The van der Waals surface area contributed by atoms with Crippen LogP contribution < -0.4 is 0 Å². The maximum atomic E-state index is 11.1. The van der Waals surface area contributed by atoms with Crippen molar-refractivity contribution in [1.29, 1.82) is 0 Å². The molecule has 0 aromatic carbocycles. The van der Waals surface area contributed by atoms with Crippen molar-refractivity contribution in [2.75, 3.05) is 0 Å². The largest absolute Gasteiger partial charge is 0.481 e. The van der Waals surface area contributed by atoms with Crippen LogP contribution in [0.25, 0.3) is 0 Å². The Balaban J connectivity index is 3.09. The van der Waals surface area contributed by atoms with E-state index < -0.39 is 5.97 Å². The summed E-state index contributed by atoms with van der Waals surface area (Å²) in [6, 6.07) is 0. The summed E-state index contributed by atoms with van der Waals surface area (Å²) in [6.45, 7) is 3.36. The average Bonchev–Trinajstić information content (AvgIpc) is 2.83. The van der Waals surface area contributed by atoms with Crippen molar-refractivity contribution in [2.45, 2.75) is 161 Å². The maximum Gasteiger partial charge on any atom is 0.335 e. The van der Waals surface area contributed by atoms with Crippen LogP contribution in [0.2, 0.25) is 0 Å². The molecule has 4 heteroatoms. The molecule has 0 aliphatic heterocycles. The lowest BCUT2D eigenvalue weighted by Crippen LogP contribution is -1.93. The first kappa shape index (κ1) is 33.4. The Labute approximate surface area is 217 Å². The summed E-state index contributed by atoms with van der Waals surface area (Å²) in [5.74, 6) is -0.994. The Bertz CT molecular complexity index is 512. The Morgan fingerprint density at radius 2 is 0.857 bits per heavy atom. The highest BCUT2D eigenvalue weighted by Gasteiger charge is 1.98. The lowest BCUT2D eigenvalue weighted by molar-refractivity contribution is -0.137. The summed E-state index contributed by atoms with van der Waals surface area (Å²) in [6.07, 6.45) is 36.2. The van der Waals surface area contributed by atoms with Crippen LogP contribution in [0, 0.1) is 0 Å². The minimum atomic E-state index is -0.659. The quantitative estimate of drug-likeness (QED) is 0.0510. The molecule has 0 rings (SSSR count). The second kappa shape index (κ2) is 28.7. The van der Waals surface area contributed by atoms with Crippen LogP contribution in [0.15, 0.2) is 25.0 Å². The highest BCUT2D eigenvalue weighted by Crippen LogP contribution is 2.15. The van der Waals surface area contributed by atoms with E-state index in [2.05, 4.69) is 11.3 Å². The molecular formula is C31H56O4. The summed E-state index contributed by atoms with van der Waals surface area (Å²) < 4.78 is 4.63. The van der Waals surface area contributed by atoms with Gasteiger partial charge in [0.2, 0.25) is 0 Å². The normalized spacial score (nSPS) is 11.2. The van der Waals surface area contributed by atoms with E-state index >= 15 is 0 Å². The molecule has 35 heavy (non-hydrogen) atoms. The number of esters is 1. The standard InChI is InChI=1S/C31H56O4/c1-2-35-31(34)29-27-25-23-21-19-17-15-13-11-9-7-5-3-4-6-8-10-12-14-16-18-20-22-24-26-28-30(32)33/h2,27,29H,1,3-26,28H2,(H,32,33). The number of ether oxygens (including phenoxy) is 1. The van der Waals surface area contributed by atoms with Crippen molar-refractivity contribution in [2.24, 2.45) is 0 Å². The molecular weight excluding hydrogens is 436 g/mol. The van der Waals surface area contributed by atoms with Gasteiger partial charge in [0.1, 0.15) is 0 Å². The van der Waals surface area contributed by atoms with Gasteiger partial charge in [0.25, 0.3) is 0 Å². The van der Waals surface area contributed by atoms with Gasteiger partial charge in [-0.2, -0.15) is 0 Å². The fourth-order valence-electron chi connectivity index (χ4n) is 4.55. The summed E-state index contributed by atoms with van der Waals surface area (Å²) in [7, 11) is 0. The van der Waals surface area contributed by atoms with Crippen LogP contribution in [0.1, 0.15) is 161 Å². The lowest BCUT2D eigenvalue weighted by Gasteiger charge is -2.04. The minimum Gasteiger partial charge on any atom is -0.481 e. The van der Waals surface area contributed by atoms with Crippen molar-refractivity contribution in [3.63, 3.8) is 0 Å². The van der Waals surface area contributed by atoms with E-state index in [0.29, 0.717) is 6.42 Å². The number of hydrogen-bond acceptors (Lipinski definition) is 3. The van der Waals surface area contributed by atoms with Crippen LogP contribution in [-0.4, -0.2) is 17.0 Å². The molecule has 0 atom stereocenters. The molecule has 0 bridgehead atoms. The molecule has 4 nitrogen and oxygen atoms in total. The van der Waals surface area contributed by atoms with Gasteiger partial charge in [-0.1, -0.05) is 147 Å². The fraction of sp³-hybridized carbons (Fsp3) is 0.806. The van der Waals surface area contributed by atoms with Gasteiger partial charge in [-0.15, -0.1) is 0 Å². The third kappa shape index (κ3) is 30.4. The third-order valence-corrected chi connectivity index (χ3v) is 6.71. The topological polar surface area (TPSA) is 63.6 Å². The summed E-state index contributed by atoms with van der Waals surface area (Å²) in [5.41, 5.74) is 0. The smallest absolute Gasteiger partial charge is 0.335 e. The van der Waals surface area contributed by atoms with E-state index in [1.165, 1.54) is 141 Å². The van der Waals surface area contributed by atoms with Gasteiger partial charge < -0.3 is 9.84 Å². The number of unbranched alkanes of at least 4 members (excludes halogenated alkanes) is 23. The van der Waals surface area contributed by atoms with Crippen molar-refractivity contribution in [3.8, 4) is 0 Å². The number of rotatable bonds is 28. The summed E-state index contributed by atoms with van der Waals surface area (Å²) >= 11 is 0. The summed E-state index contributed by atoms with van der Waals surface area (Å²) in [5, 5.41) is 8.61. The molecule has 0 radical (unpaired) electrons. The van der Waals surface area contributed by atoms with Crippen molar-refractivity contribution < 1.29 is 19.4 Å². The van der Waals surface area contributed by atoms with E-state index in [9.17, 15) is 9.59 Å². The van der Waals surface area contributed by atoms with Crippen LogP contribution in [0.3, 0.4) is 0 Å². The van der Waals surface area contributed by atoms with Gasteiger partial charge in [0.15, 0.2) is 0 Å². The van der Waals surface area contributed by atoms with E-state index in [4.69, 9.17) is 5.11 Å². The predicted molar refractivity (Wildman–Crippen MR) is 148 cm³/mol. The van der Waals surface area contributed by atoms with Crippen molar-refractivity contribution in [1.82, 2.24) is 0 Å². The first-order valence-electron chi connectivity index (χ1n) is 14.9. The molecule has 0 spiro atoms. The molecule has 0 aromatic heterocycles. The number of hydrogen-bond donors (Lipinski definition) is 1. The van der Waals surface area contributed by atoms with E-state index in [0.717, 1.165) is 25.7 Å². The van der Waals surface area contributed by atoms with Crippen molar-refractivity contribution in [3.05, 3.63) is 25.0 Å². The number of aliphatic carboxylic acids is 1. The number of carboxylic acid groups (broad SMARTS) is 1. The molecule has 0 aliphatic carbocycles. The monoisotopic (exact) mass is 492 g/mol. The first-order valence-corrected chi connectivity index (χ1v) is 14.9. The molecule has 0 aromatic rings. The lowest BCUT2D eigenvalue weighted by atomic mass is 10.0. The van der Waals surface area contributed by atoms with Gasteiger partial charge >= 0.3 is 11.9 Å². The zero-order chi connectivity index (χ0) is 25.7. The number of carboxylic acids is 1. The second-order valence-corrected chi connectivity index (χ2v) is 10.1. The molecule has 0 heterocycles. The first-order chi connectivity index (χ1) is 17.2. The van der Waals surface area contributed by atoms with Gasteiger partial charge in [-0.05, 0) is 19.3 Å². The van der Waals surface area contributed by atoms with Gasteiger partial charge in [0.05, 0.1) is 6.26 Å². The number of allylic oxidation sites excluding steroid dienone is 1. The molecule has 1 N–H and O–H groups in total. The summed E-state index contributed by atoms with van der Waals surface area (Å²) in [4.78, 5) is 21.5. The number of carbonyl (C=O) groups is 2. The predicted octanol–water partition coefficient (Wildman–Crippen LogP) is 10.1. The molecule has 0 saturated carbocycles. The SMILES string of the molecule is C=COC(=O)C=CCCCCCCCCCCCCCCCCCCCCCCCCCC(=O)O. The molecule has 204 valence electrons. The molecule has 0 amide bonds. The van der Waals surface area contributed by atoms with Crippen LogP contribution in [0.5, 0.6) is 0 Å². The van der Waals surface area contributed by atoms with E-state index in [1.807, 2.05) is 6.08 Å². The third-order valence-electron chi connectivity index (χ3n) is 6.71. The van der Waals surface area contributed by atoms with Gasteiger partial charge in [-0.3, -0.25) is 4.79 Å². The van der Waals surface area contributed by atoms with E-state index in [1.54, 1.807) is 0 Å². The molecule has 0 fully saturated rings. The zero-order valence-corrected chi connectivity index (χ0v) is 22.8. The number of carbonyl (C=O) groups excluding carboxylic acids is 1. The minimum absolute atomic E-state index is 0.335. The van der Waals surface area contributed by atoms with Crippen LogP contribution in [0.4, 0.5) is 0 Å². The molecule has 0 aliphatic rings.